The second-order valence-corrected chi connectivity index (χ2v) is 5.42. The van der Waals surface area contributed by atoms with Gasteiger partial charge in [-0.1, -0.05) is 6.07 Å². The number of methoxy groups -OCH3 is 1. The van der Waals surface area contributed by atoms with Crippen LogP contribution in [0.1, 0.15) is 29.0 Å². The summed E-state index contributed by atoms with van der Waals surface area (Å²) in [6.45, 7) is 3.10. The summed E-state index contributed by atoms with van der Waals surface area (Å²) in [5, 5.41) is 0. The Morgan fingerprint density at radius 1 is 1.45 bits per heavy atom. The second kappa shape index (κ2) is 5.50. The Morgan fingerprint density at radius 2 is 2.30 bits per heavy atom. The van der Waals surface area contributed by atoms with Crippen molar-refractivity contribution in [2.75, 3.05) is 20.3 Å². The smallest absolute Gasteiger partial charge is 0.272 e. The number of hydrogen-bond donors (Lipinski definition) is 0. The van der Waals surface area contributed by atoms with E-state index in [0.29, 0.717) is 18.8 Å². The van der Waals surface area contributed by atoms with Gasteiger partial charge in [0.25, 0.3) is 5.91 Å². The minimum absolute atomic E-state index is 0.00232. The predicted molar refractivity (Wildman–Crippen MR) is 73.6 cm³/mol. The molecule has 1 amide bonds. The van der Waals surface area contributed by atoms with Gasteiger partial charge in [-0.15, -0.1) is 0 Å². The number of ether oxygens (including phenoxy) is 2. The van der Waals surface area contributed by atoms with Gasteiger partial charge in [0, 0.05) is 19.3 Å². The van der Waals surface area contributed by atoms with Crippen LogP contribution in [-0.4, -0.2) is 54.3 Å². The van der Waals surface area contributed by atoms with Crippen molar-refractivity contribution in [1.82, 2.24) is 9.88 Å². The van der Waals surface area contributed by atoms with Gasteiger partial charge in [0.15, 0.2) is 0 Å². The van der Waals surface area contributed by atoms with E-state index >= 15 is 0 Å². The number of carbonyl (C=O) groups excluding carboxylic acids is 1. The maximum absolute atomic E-state index is 12.7. The molecule has 0 N–H and O–H groups in total. The van der Waals surface area contributed by atoms with E-state index in [4.69, 9.17) is 9.47 Å². The van der Waals surface area contributed by atoms with E-state index in [1.165, 1.54) is 0 Å². The zero-order chi connectivity index (χ0) is 14.1. The highest BCUT2D eigenvalue weighted by Crippen LogP contribution is 2.32. The highest BCUT2D eigenvalue weighted by molar-refractivity contribution is 5.92. The van der Waals surface area contributed by atoms with Crippen molar-refractivity contribution >= 4 is 5.91 Å². The largest absolute Gasteiger partial charge is 0.379 e. The SMILES string of the molecule is CO[C@H]1CC[C@@H]2[C@@H]1OCCN2C(=O)c1cccc(C)n1. The first-order valence-electron chi connectivity index (χ1n) is 7.09. The lowest BCUT2D eigenvalue weighted by Gasteiger charge is -2.38. The van der Waals surface area contributed by atoms with Gasteiger partial charge in [-0.25, -0.2) is 4.98 Å². The molecule has 2 heterocycles. The molecule has 2 aliphatic rings. The Morgan fingerprint density at radius 3 is 3.05 bits per heavy atom. The molecule has 1 saturated heterocycles. The van der Waals surface area contributed by atoms with Crippen LogP contribution in [0.3, 0.4) is 0 Å². The molecule has 1 saturated carbocycles. The van der Waals surface area contributed by atoms with Crippen LogP contribution in [0.2, 0.25) is 0 Å². The van der Waals surface area contributed by atoms with Crippen molar-refractivity contribution in [2.45, 2.75) is 38.0 Å². The zero-order valence-electron chi connectivity index (χ0n) is 11.9. The van der Waals surface area contributed by atoms with Crippen molar-refractivity contribution in [1.29, 1.82) is 0 Å². The molecule has 0 spiro atoms. The third-order valence-corrected chi connectivity index (χ3v) is 4.21. The molecular formula is C15H20N2O3. The van der Waals surface area contributed by atoms with Crippen LogP contribution in [0, 0.1) is 6.92 Å². The normalized spacial score (nSPS) is 29.3. The number of morpholine rings is 1. The van der Waals surface area contributed by atoms with Crippen LogP contribution < -0.4 is 0 Å². The molecule has 0 radical (unpaired) electrons. The van der Waals surface area contributed by atoms with Gasteiger partial charge in [-0.05, 0) is 31.9 Å². The standard InChI is InChI=1S/C15H20N2O3/c1-10-4-3-5-11(16-10)15(18)17-8-9-20-14-12(17)6-7-13(14)19-2/h3-5,12-14H,6-9H2,1-2H3/t12-,13+,14+/m1/s1. The molecule has 0 unspecified atom stereocenters. The lowest BCUT2D eigenvalue weighted by molar-refractivity contribution is -0.0947. The summed E-state index contributed by atoms with van der Waals surface area (Å²) in [5.41, 5.74) is 1.38. The minimum atomic E-state index is 0.00232. The van der Waals surface area contributed by atoms with Crippen LogP contribution in [0.4, 0.5) is 0 Å². The molecule has 0 aromatic carbocycles. The van der Waals surface area contributed by atoms with E-state index in [1.54, 1.807) is 13.2 Å². The third kappa shape index (κ3) is 2.31. The number of aryl methyl sites for hydroxylation is 1. The summed E-state index contributed by atoms with van der Waals surface area (Å²) < 4.78 is 11.3. The lowest BCUT2D eigenvalue weighted by Crippen LogP contribution is -2.53. The van der Waals surface area contributed by atoms with Crippen LogP contribution in [0.15, 0.2) is 18.2 Å². The number of nitrogens with zero attached hydrogens (tertiary/aromatic N) is 2. The lowest BCUT2D eigenvalue weighted by atomic mass is 10.1. The van der Waals surface area contributed by atoms with E-state index in [-0.39, 0.29) is 24.2 Å². The fourth-order valence-corrected chi connectivity index (χ4v) is 3.23. The molecule has 5 heteroatoms. The molecule has 1 aliphatic carbocycles. The average molecular weight is 276 g/mol. The number of amides is 1. The van der Waals surface area contributed by atoms with Gasteiger partial charge in [-0.3, -0.25) is 4.79 Å². The highest BCUT2D eigenvalue weighted by Gasteiger charge is 2.44. The van der Waals surface area contributed by atoms with Crippen molar-refractivity contribution in [2.24, 2.45) is 0 Å². The first kappa shape index (κ1) is 13.5. The maximum atomic E-state index is 12.7. The molecule has 20 heavy (non-hydrogen) atoms. The topological polar surface area (TPSA) is 51.7 Å². The Labute approximate surface area is 118 Å². The monoisotopic (exact) mass is 276 g/mol. The van der Waals surface area contributed by atoms with Gasteiger partial charge in [-0.2, -0.15) is 0 Å². The summed E-state index contributed by atoms with van der Waals surface area (Å²) in [6.07, 6.45) is 1.97. The van der Waals surface area contributed by atoms with E-state index in [2.05, 4.69) is 4.98 Å². The number of pyridine rings is 1. The van der Waals surface area contributed by atoms with E-state index in [9.17, 15) is 4.79 Å². The van der Waals surface area contributed by atoms with E-state index in [0.717, 1.165) is 18.5 Å². The summed E-state index contributed by atoms with van der Waals surface area (Å²) in [5.74, 6) is 0.00348. The molecule has 1 aromatic rings. The fourth-order valence-electron chi connectivity index (χ4n) is 3.23. The second-order valence-electron chi connectivity index (χ2n) is 5.42. The molecule has 1 aliphatic heterocycles. The summed E-state index contributed by atoms with van der Waals surface area (Å²) in [4.78, 5) is 18.9. The number of rotatable bonds is 2. The first-order chi connectivity index (χ1) is 9.70. The van der Waals surface area contributed by atoms with Crippen LogP contribution >= 0.6 is 0 Å². The van der Waals surface area contributed by atoms with Crippen LogP contribution in [-0.2, 0) is 9.47 Å². The summed E-state index contributed by atoms with van der Waals surface area (Å²) in [6, 6.07) is 5.67. The zero-order valence-corrected chi connectivity index (χ0v) is 11.9. The van der Waals surface area contributed by atoms with Crippen molar-refractivity contribution in [3.8, 4) is 0 Å². The van der Waals surface area contributed by atoms with Gasteiger partial charge >= 0.3 is 0 Å². The number of fused-ring (bicyclic) bond motifs is 1. The Balaban J connectivity index is 1.81. The molecule has 108 valence electrons. The minimum Gasteiger partial charge on any atom is -0.379 e. The molecule has 3 rings (SSSR count). The molecule has 1 aromatic heterocycles. The first-order valence-corrected chi connectivity index (χ1v) is 7.09. The molecule has 3 atom stereocenters. The molecule has 5 nitrogen and oxygen atoms in total. The van der Waals surface area contributed by atoms with Gasteiger partial charge in [0.1, 0.15) is 11.8 Å². The molecule has 0 bridgehead atoms. The summed E-state index contributed by atoms with van der Waals surface area (Å²) >= 11 is 0. The van der Waals surface area contributed by atoms with Crippen molar-refractivity contribution in [3.63, 3.8) is 0 Å². The average Bonchev–Trinajstić information content (AvgIpc) is 2.89. The molecular weight excluding hydrogens is 256 g/mol. The number of carbonyl (C=O) groups is 1. The van der Waals surface area contributed by atoms with Gasteiger partial charge in [0.05, 0.1) is 18.8 Å². The Kier molecular flexibility index (Phi) is 3.72. The quantitative estimate of drug-likeness (QED) is 0.819. The van der Waals surface area contributed by atoms with Gasteiger partial charge in [0.2, 0.25) is 0 Å². The maximum Gasteiger partial charge on any atom is 0.272 e. The fraction of sp³-hybridized carbons (Fsp3) is 0.600. The van der Waals surface area contributed by atoms with E-state index < -0.39 is 0 Å². The van der Waals surface area contributed by atoms with Crippen molar-refractivity contribution in [3.05, 3.63) is 29.6 Å². The van der Waals surface area contributed by atoms with Gasteiger partial charge < -0.3 is 14.4 Å². The van der Waals surface area contributed by atoms with Crippen LogP contribution in [0.5, 0.6) is 0 Å². The Bertz CT molecular complexity index is 506. The highest BCUT2D eigenvalue weighted by atomic mass is 16.5. The van der Waals surface area contributed by atoms with Crippen LogP contribution in [0.25, 0.3) is 0 Å². The number of aromatic nitrogens is 1. The predicted octanol–water partition coefficient (Wildman–Crippen LogP) is 1.41. The van der Waals surface area contributed by atoms with Crippen molar-refractivity contribution < 1.29 is 14.3 Å². The van der Waals surface area contributed by atoms with E-state index in [1.807, 2.05) is 24.0 Å². The molecule has 2 fully saturated rings. The summed E-state index contributed by atoms with van der Waals surface area (Å²) in [7, 11) is 1.71. The Hall–Kier alpha value is -1.46. The third-order valence-electron chi connectivity index (χ3n) is 4.21. The number of hydrogen-bond acceptors (Lipinski definition) is 4.